The molecule has 0 aromatic heterocycles. The number of esters is 2. The number of phenols is 3. The minimum absolute atomic E-state index is 0.0752. The van der Waals surface area contributed by atoms with Gasteiger partial charge in [-0.3, -0.25) is 9.59 Å². The van der Waals surface area contributed by atoms with Crippen molar-refractivity contribution >= 4 is 35.1 Å². The first kappa shape index (κ1) is 26.5. The third-order valence-electron chi connectivity index (χ3n) is 4.94. The van der Waals surface area contributed by atoms with Gasteiger partial charge in [-0.1, -0.05) is 0 Å². The van der Waals surface area contributed by atoms with Crippen LogP contribution in [0.25, 0.3) is 0 Å². The minimum atomic E-state index is -0.771. The van der Waals surface area contributed by atoms with Crippen LogP contribution in [0.15, 0.2) is 54.6 Å². The predicted octanol–water partition coefficient (Wildman–Crippen LogP) is 3.66. The number of nitrogens with one attached hydrogen (secondary N) is 2. The summed E-state index contributed by atoms with van der Waals surface area (Å²) < 4.78 is 9.74. The van der Waals surface area contributed by atoms with Gasteiger partial charge in [-0.25, -0.2) is 9.59 Å². The van der Waals surface area contributed by atoms with Crippen LogP contribution in [-0.4, -0.2) is 52.3 Å². The number of aromatic hydroxyl groups is 3. The van der Waals surface area contributed by atoms with Crippen molar-refractivity contribution in [1.82, 2.24) is 0 Å². The zero-order valence-electron chi connectivity index (χ0n) is 19.9. The molecule has 192 valence electrons. The Morgan fingerprint density at radius 2 is 1.05 bits per heavy atom. The molecule has 0 atom stereocenters. The number of anilines is 2. The number of amides is 2. The second-order valence-corrected chi connectivity index (χ2v) is 7.58. The number of benzene rings is 3. The molecule has 5 N–H and O–H groups in total. The fraction of sp³-hybridized carbons (Fsp3) is 0.154. The quantitative estimate of drug-likeness (QED) is 0.225. The molecule has 0 aliphatic heterocycles. The Morgan fingerprint density at radius 3 is 1.43 bits per heavy atom. The molecule has 0 fully saturated rings. The van der Waals surface area contributed by atoms with E-state index >= 15 is 0 Å². The number of hydrogen-bond acceptors (Lipinski definition) is 9. The fourth-order valence-corrected chi connectivity index (χ4v) is 3.25. The zero-order valence-corrected chi connectivity index (χ0v) is 19.9. The highest BCUT2D eigenvalue weighted by atomic mass is 16.5. The van der Waals surface area contributed by atoms with Crippen LogP contribution in [0, 0.1) is 0 Å². The lowest BCUT2D eigenvalue weighted by molar-refractivity contribution is 0.0513. The number of rotatable bonds is 8. The topological polar surface area (TPSA) is 171 Å². The van der Waals surface area contributed by atoms with Gasteiger partial charge in [0.2, 0.25) is 0 Å². The molecule has 3 aromatic rings. The predicted molar refractivity (Wildman–Crippen MR) is 132 cm³/mol. The molecule has 0 radical (unpaired) electrons. The normalized spacial score (nSPS) is 10.3. The van der Waals surface area contributed by atoms with Gasteiger partial charge in [-0.15, -0.1) is 0 Å². The summed E-state index contributed by atoms with van der Waals surface area (Å²) in [5.41, 5.74) is -0.118. The monoisotopic (exact) mass is 508 g/mol. The van der Waals surface area contributed by atoms with Gasteiger partial charge in [0.15, 0.2) is 0 Å². The van der Waals surface area contributed by atoms with Crippen LogP contribution in [0.3, 0.4) is 0 Å². The highest BCUT2D eigenvalue weighted by Gasteiger charge is 2.18. The maximum atomic E-state index is 12.8. The van der Waals surface area contributed by atoms with E-state index in [1.807, 2.05) is 0 Å². The Morgan fingerprint density at radius 1 is 0.649 bits per heavy atom. The van der Waals surface area contributed by atoms with E-state index in [-0.39, 0.29) is 64.1 Å². The summed E-state index contributed by atoms with van der Waals surface area (Å²) in [6, 6.07) is 11.1. The van der Waals surface area contributed by atoms with Gasteiger partial charge in [0.1, 0.15) is 28.4 Å². The van der Waals surface area contributed by atoms with Crippen LogP contribution in [0.5, 0.6) is 17.2 Å². The molecule has 0 heterocycles. The highest BCUT2D eigenvalue weighted by Crippen LogP contribution is 2.25. The molecule has 37 heavy (non-hydrogen) atoms. The summed E-state index contributed by atoms with van der Waals surface area (Å²) in [4.78, 5) is 49.6. The van der Waals surface area contributed by atoms with E-state index in [0.29, 0.717) is 0 Å². The van der Waals surface area contributed by atoms with Gasteiger partial charge in [0.25, 0.3) is 11.8 Å². The van der Waals surface area contributed by atoms with Crippen molar-refractivity contribution in [3.8, 4) is 17.2 Å². The Balaban J connectivity index is 1.80. The van der Waals surface area contributed by atoms with Crippen molar-refractivity contribution in [2.24, 2.45) is 0 Å². The highest BCUT2D eigenvalue weighted by molar-refractivity contribution is 6.10. The summed E-state index contributed by atoms with van der Waals surface area (Å²) in [6.07, 6.45) is 0. The lowest BCUT2D eigenvalue weighted by atomic mass is 10.1. The maximum absolute atomic E-state index is 12.8. The number of hydrogen-bond donors (Lipinski definition) is 5. The number of carbonyl (C=O) groups excluding carboxylic acids is 4. The molecule has 0 unspecified atom stereocenters. The Labute approximate surface area is 211 Å². The SMILES string of the molecule is CCOC(=O)c1cc(NC(=O)c2cc(O)cc(C(=O)Nc3ccc(O)c(C(=O)OCC)c3)c2)ccc1O. The molecule has 0 saturated heterocycles. The van der Waals surface area contributed by atoms with Crippen LogP contribution in [-0.2, 0) is 9.47 Å². The average molecular weight is 508 g/mol. The van der Waals surface area contributed by atoms with Crippen molar-refractivity contribution in [2.45, 2.75) is 13.8 Å². The summed E-state index contributed by atoms with van der Waals surface area (Å²) in [6.45, 7) is 3.41. The second kappa shape index (κ2) is 11.6. The standard InChI is InChI=1S/C26H24N2O9/c1-3-36-25(34)19-12-16(5-7-21(19)30)27-23(32)14-9-15(11-18(29)10-14)24(33)28-17-6-8-22(31)20(13-17)26(35)37-4-2/h5-13,29-31H,3-4H2,1-2H3,(H,27,32)(H,28,33). The van der Waals surface area contributed by atoms with Crippen LogP contribution in [0.4, 0.5) is 11.4 Å². The fourth-order valence-electron chi connectivity index (χ4n) is 3.25. The van der Waals surface area contributed by atoms with Gasteiger partial charge in [0.05, 0.1) is 13.2 Å². The number of ether oxygens (including phenoxy) is 2. The van der Waals surface area contributed by atoms with Crippen molar-refractivity contribution < 1.29 is 44.0 Å². The molecular weight excluding hydrogens is 484 g/mol. The molecule has 2 amide bonds. The van der Waals surface area contributed by atoms with E-state index in [2.05, 4.69) is 10.6 Å². The Kier molecular flexibility index (Phi) is 8.31. The molecule has 3 aromatic carbocycles. The number of carbonyl (C=O) groups is 4. The molecule has 11 nitrogen and oxygen atoms in total. The van der Waals surface area contributed by atoms with Gasteiger partial charge >= 0.3 is 11.9 Å². The maximum Gasteiger partial charge on any atom is 0.341 e. The van der Waals surface area contributed by atoms with E-state index < -0.39 is 23.8 Å². The van der Waals surface area contributed by atoms with Crippen LogP contribution >= 0.6 is 0 Å². The van der Waals surface area contributed by atoms with E-state index in [9.17, 15) is 34.5 Å². The second-order valence-electron chi connectivity index (χ2n) is 7.58. The average Bonchev–Trinajstić information content (AvgIpc) is 2.86. The molecule has 11 heteroatoms. The lowest BCUT2D eigenvalue weighted by Crippen LogP contribution is -2.16. The molecule has 0 spiro atoms. The van der Waals surface area contributed by atoms with Crippen molar-refractivity contribution in [3.63, 3.8) is 0 Å². The Hall–Kier alpha value is -5.06. The van der Waals surface area contributed by atoms with E-state index in [0.717, 1.165) is 12.1 Å². The van der Waals surface area contributed by atoms with Crippen molar-refractivity contribution in [3.05, 3.63) is 76.9 Å². The third kappa shape index (κ3) is 6.54. The summed E-state index contributed by atoms with van der Waals surface area (Å²) >= 11 is 0. The molecule has 3 rings (SSSR count). The largest absolute Gasteiger partial charge is 0.508 e. The first-order valence-electron chi connectivity index (χ1n) is 11.1. The first-order valence-corrected chi connectivity index (χ1v) is 11.1. The van der Waals surface area contributed by atoms with Gasteiger partial charge in [-0.05, 0) is 68.4 Å². The smallest absolute Gasteiger partial charge is 0.341 e. The minimum Gasteiger partial charge on any atom is -0.508 e. The van der Waals surface area contributed by atoms with Crippen molar-refractivity contribution in [2.75, 3.05) is 23.8 Å². The van der Waals surface area contributed by atoms with Gasteiger partial charge in [-0.2, -0.15) is 0 Å². The van der Waals surface area contributed by atoms with E-state index in [1.54, 1.807) is 13.8 Å². The van der Waals surface area contributed by atoms with E-state index in [1.165, 1.54) is 42.5 Å². The van der Waals surface area contributed by atoms with E-state index in [4.69, 9.17) is 9.47 Å². The summed E-state index contributed by atoms with van der Waals surface area (Å²) in [5, 5.41) is 34.9. The molecule has 0 bridgehead atoms. The molecular formula is C26H24N2O9. The number of phenolic OH excluding ortho intramolecular Hbond substituents is 3. The first-order chi connectivity index (χ1) is 17.6. The molecule has 0 aliphatic carbocycles. The molecule has 0 saturated carbocycles. The van der Waals surface area contributed by atoms with Crippen LogP contribution in [0.2, 0.25) is 0 Å². The van der Waals surface area contributed by atoms with Crippen molar-refractivity contribution in [1.29, 1.82) is 0 Å². The summed E-state index contributed by atoms with van der Waals surface area (Å²) in [7, 11) is 0. The van der Waals surface area contributed by atoms with Gasteiger partial charge in [0, 0.05) is 22.5 Å². The van der Waals surface area contributed by atoms with Gasteiger partial charge < -0.3 is 35.4 Å². The van der Waals surface area contributed by atoms with Crippen LogP contribution in [0.1, 0.15) is 55.3 Å². The Bertz CT molecular complexity index is 1270. The lowest BCUT2D eigenvalue weighted by Gasteiger charge is -2.11. The zero-order chi connectivity index (χ0) is 27.1. The molecule has 0 aliphatic rings. The van der Waals surface area contributed by atoms with Crippen LogP contribution < -0.4 is 10.6 Å². The summed E-state index contributed by atoms with van der Waals surface area (Å²) in [5.74, 6) is -3.98. The third-order valence-corrected chi connectivity index (χ3v) is 4.94.